The van der Waals surface area contributed by atoms with Crippen LogP contribution in [0.3, 0.4) is 0 Å². The van der Waals surface area contributed by atoms with E-state index in [-0.39, 0.29) is 5.78 Å². The van der Waals surface area contributed by atoms with Crippen LogP contribution in [0.15, 0.2) is 18.2 Å². The molecule has 1 aliphatic carbocycles. The van der Waals surface area contributed by atoms with Crippen LogP contribution in [0.5, 0.6) is 0 Å². The van der Waals surface area contributed by atoms with E-state index in [4.69, 9.17) is 5.11 Å². The molecule has 0 spiro atoms. The first-order valence-corrected chi connectivity index (χ1v) is 5.07. The van der Waals surface area contributed by atoms with E-state index in [1.54, 1.807) is 0 Å². The molecule has 1 N–H and O–H groups in total. The van der Waals surface area contributed by atoms with Gasteiger partial charge in [-0.1, -0.05) is 12.1 Å². The number of rotatable bonds is 2. The smallest absolute Gasteiger partial charge is 0.188 e. The van der Waals surface area contributed by atoms with Gasteiger partial charge in [0.2, 0.25) is 0 Å². The lowest BCUT2D eigenvalue weighted by atomic mass is 9.90. The second kappa shape index (κ2) is 3.93. The third-order valence-corrected chi connectivity index (χ3v) is 2.81. The fraction of sp³-hybridized carbons (Fsp3) is 0.417. The molecule has 2 nitrogen and oxygen atoms in total. The number of aryl methyl sites for hydroxylation is 2. The van der Waals surface area contributed by atoms with Gasteiger partial charge in [0.15, 0.2) is 5.78 Å². The number of ketones is 1. The summed E-state index contributed by atoms with van der Waals surface area (Å²) in [6.45, 7) is -0.390. The molecule has 0 fully saturated rings. The van der Waals surface area contributed by atoms with Crippen LogP contribution in [0.2, 0.25) is 0 Å². The van der Waals surface area contributed by atoms with Crippen molar-refractivity contribution in [1.29, 1.82) is 0 Å². The van der Waals surface area contributed by atoms with Gasteiger partial charge in [0.25, 0.3) is 0 Å². The lowest BCUT2D eigenvalue weighted by molar-refractivity contribution is 0.0903. The average Bonchev–Trinajstić information content (AvgIpc) is 2.27. The molecule has 1 aromatic carbocycles. The largest absolute Gasteiger partial charge is 0.388 e. The molecule has 1 aliphatic rings. The molecule has 0 saturated carbocycles. The van der Waals surface area contributed by atoms with Gasteiger partial charge in [-0.15, -0.1) is 0 Å². The van der Waals surface area contributed by atoms with Crippen LogP contribution < -0.4 is 0 Å². The molecule has 0 aromatic heterocycles. The Kier molecular flexibility index (Phi) is 2.64. The molecule has 0 radical (unpaired) electrons. The second-order valence-corrected chi connectivity index (χ2v) is 3.77. The Labute approximate surface area is 83.6 Å². The summed E-state index contributed by atoms with van der Waals surface area (Å²) in [6, 6.07) is 5.78. The average molecular weight is 190 g/mol. The molecule has 74 valence electrons. The fourth-order valence-electron chi connectivity index (χ4n) is 2.00. The van der Waals surface area contributed by atoms with E-state index in [9.17, 15) is 4.79 Å². The topological polar surface area (TPSA) is 37.3 Å². The minimum Gasteiger partial charge on any atom is -0.388 e. The molecule has 0 heterocycles. The maximum Gasteiger partial charge on any atom is 0.188 e. The number of aliphatic hydroxyl groups is 1. The molecule has 0 aliphatic heterocycles. The zero-order chi connectivity index (χ0) is 9.97. The van der Waals surface area contributed by atoms with E-state index in [2.05, 4.69) is 0 Å². The van der Waals surface area contributed by atoms with Gasteiger partial charge in [-0.25, -0.2) is 0 Å². The van der Waals surface area contributed by atoms with E-state index >= 15 is 0 Å². The van der Waals surface area contributed by atoms with Crippen molar-refractivity contribution in [3.8, 4) is 0 Å². The number of Topliss-reactive ketones (excluding diaryl/α,β-unsaturated/α-hetero) is 1. The number of carbonyl (C=O) groups excluding carboxylic acids is 1. The van der Waals surface area contributed by atoms with Crippen molar-refractivity contribution in [3.05, 3.63) is 34.9 Å². The molecule has 0 saturated heterocycles. The number of benzene rings is 1. The normalized spacial score (nSPS) is 14.9. The monoisotopic (exact) mass is 190 g/mol. The molecular formula is C12H14O2. The zero-order valence-electron chi connectivity index (χ0n) is 8.12. The van der Waals surface area contributed by atoms with Gasteiger partial charge in [-0.2, -0.15) is 0 Å². The summed E-state index contributed by atoms with van der Waals surface area (Å²) in [5, 5.41) is 8.74. The minimum absolute atomic E-state index is 0.182. The van der Waals surface area contributed by atoms with Crippen molar-refractivity contribution in [2.45, 2.75) is 25.7 Å². The Morgan fingerprint density at radius 3 is 2.64 bits per heavy atom. The second-order valence-electron chi connectivity index (χ2n) is 3.77. The summed E-state index contributed by atoms with van der Waals surface area (Å²) in [6.07, 6.45) is 4.66. The highest BCUT2D eigenvalue weighted by molar-refractivity contribution is 5.97. The number of hydrogen-bond donors (Lipinski definition) is 1. The van der Waals surface area contributed by atoms with Crippen molar-refractivity contribution in [1.82, 2.24) is 0 Å². The maximum atomic E-state index is 11.2. The molecule has 0 atom stereocenters. The third-order valence-electron chi connectivity index (χ3n) is 2.81. The first kappa shape index (κ1) is 9.41. The van der Waals surface area contributed by atoms with Crippen LogP contribution >= 0.6 is 0 Å². The van der Waals surface area contributed by atoms with Crippen LogP contribution in [0, 0.1) is 0 Å². The molecule has 14 heavy (non-hydrogen) atoms. The highest BCUT2D eigenvalue weighted by atomic mass is 16.3. The Balaban J connectivity index is 2.33. The lowest BCUT2D eigenvalue weighted by Gasteiger charge is -2.15. The zero-order valence-corrected chi connectivity index (χ0v) is 8.12. The van der Waals surface area contributed by atoms with Gasteiger partial charge in [0.1, 0.15) is 6.61 Å². The minimum atomic E-state index is -0.390. The molecule has 1 aromatic rings. The van der Waals surface area contributed by atoms with Crippen LogP contribution in [0.4, 0.5) is 0 Å². The Morgan fingerprint density at radius 2 is 1.93 bits per heavy atom. The van der Waals surface area contributed by atoms with Crippen molar-refractivity contribution in [3.63, 3.8) is 0 Å². The summed E-state index contributed by atoms with van der Waals surface area (Å²) in [5.41, 5.74) is 3.30. The first-order valence-electron chi connectivity index (χ1n) is 5.07. The standard InChI is InChI=1S/C12H14O2/c13-8-12(14)11-6-5-9-3-1-2-4-10(9)7-11/h5-7,13H,1-4,8H2. The summed E-state index contributed by atoms with van der Waals surface area (Å²) < 4.78 is 0. The number of hydrogen-bond acceptors (Lipinski definition) is 2. The summed E-state index contributed by atoms with van der Waals surface area (Å²) in [7, 11) is 0. The number of aliphatic hydroxyl groups excluding tert-OH is 1. The predicted molar refractivity (Wildman–Crippen MR) is 54.5 cm³/mol. The molecule has 0 unspecified atom stereocenters. The van der Waals surface area contributed by atoms with E-state index < -0.39 is 6.61 Å². The summed E-state index contributed by atoms with van der Waals surface area (Å²) in [5.74, 6) is -0.182. The van der Waals surface area contributed by atoms with Crippen molar-refractivity contribution < 1.29 is 9.90 Å². The number of carbonyl (C=O) groups is 1. The predicted octanol–water partition coefficient (Wildman–Crippen LogP) is 1.74. The van der Waals surface area contributed by atoms with E-state index in [1.165, 1.54) is 24.0 Å². The molecule has 0 amide bonds. The molecule has 2 heteroatoms. The van der Waals surface area contributed by atoms with E-state index in [0.29, 0.717) is 5.56 Å². The molecule has 0 bridgehead atoms. The molecule has 2 rings (SSSR count). The Hall–Kier alpha value is -1.15. The third kappa shape index (κ3) is 1.70. The Morgan fingerprint density at radius 1 is 1.21 bits per heavy atom. The maximum absolute atomic E-state index is 11.2. The highest BCUT2D eigenvalue weighted by Gasteiger charge is 2.11. The fourth-order valence-corrected chi connectivity index (χ4v) is 2.00. The summed E-state index contributed by atoms with van der Waals surface area (Å²) in [4.78, 5) is 11.2. The van der Waals surface area contributed by atoms with Crippen LogP contribution in [-0.4, -0.2) is 17.5 Å². The van der Waals surface area contributed by atoms with Gasteiger partial charge < -0.3 is 5.11 Å². The van der Waals surface area contributed by atoms with Crippen molar-refractivity contribution in [2.24, 2.45) is 0 Å². The van der Waals surface area contributed by atoms with Crippen molar-refractivity contribution in [2.75, 3.05) is 6.61 Å². The van der Waals surface area contributed by atoms with Gasteiger partial charge >= 0.3 is 0 Å². The van der Waals surface area contributed by atoms with E-state index in [1.807, 2.05) is 18.2 Å². The van der Waals surface area contributed by atoms with Gasteiger partial charge in [-0.05, 0) is 42.9 Å². The van der Waals surface area contributed by atoms with Gasteiger partial charge in [-0.3, -0.25) is 4.79 Å². The number of fused-ring (bicyclic) bond motifs is 1. The van der Waals surface area contributed by atoms with Crippen LogP contribution in [0.1, 0.15) is 34.3 Å². The summed E-state index contributed by atoms with van der Waals surface area (Å²) >= 11 is 0. The van der Waals surface area contributed by atoms with Crippen LogP contribution in [0.25, 0.3) is 0 Å². The van der Waals surface area contributed by atoms with Crippen LogP contribution in [-0.2, 0) is 12.8 Å². The van der Waals surface area contributed by atoms with Gasteiger partial charge in [0.05, 0.1) is 0 Å². The Bertz CT molecular complexity index is 355. The SMILES string of the molecule is O=C(CO)c1ccc2c(c1)CCCC2. The lowest BCUT2D eigenvalue weighted by Crippen LogP contribution is -2.08. The van der Waals surface area contributed by atoms with E-state index in [0.717, 1.165) is 12.8 Å². The van der Waals surface area contributed by atoms with Crippen molar-refractivity contribution >= 4 is 5.78 Å². The molecular weight excluding hydrogens is 176 g/mol. The van der Waals surface area contributed by atoms with Gasteiger partial charge in [0, 0.05) is 5.56 Å². The first-order chi connectivity index (χ1) is 6.81. The highest BCUT2D eigenvalue weighted by Crippen LogP contribution is 2.22. The quantitative estimate of drug-likeness (QED) is 0.721.